The number of ketones is 1. The highest BCUT2D eigenvalue weighted by Gasteiger charge is 2.65. The van der Waals surface area contributed by atoms with Crippen LogP contribution in [0.4, 0.5) is 0 Å². The minimum Gasteiger partial charge on any atom is -0.448 e. The SMILES string of the molecule is CC[C@H]1C(=O)CCCCN2CC[C@@]3(OC(=O)[C@@H](C)[C@@H]3[C@@H]1O)C2=O. The lowest BCUT2D eigenvalue weighted by Crippen LogP contribution is -2.52. The van der Waals surface area contributed by atoms with Crippen LogP contribution in [0.25, 0.3) is 0 Å². The number of esters is 1. The Labute approximate surface area is 136 Å². The molecule has 128 valence electrons. The average molecular weight is 323 g/mol. The van der Waals surface area contributed by atoms with Crippen molar-refractivity contribution in [3.05, 3.63) is 0 Å². The summed E-state index contributed by atoms with van der Waals surface area (Å²) in [5, 5.41) is 10.9. The van der Waals surface area contributed by atoms with Gasteiger partial charge in [0.05, 0.1) is 12.0 Å². The van der Waals surface area contributed by atoms with Gasteiger partial charge in [0.2, 0.25) is 0 Å². The molecule has 3 saturated heterocycles. The van der Waals surface area contributed by atoms with Crippen LogP contribution in [-0.4, -0.2) is 52.5 Å². The molecule has 6 nitrogen and oxygen atoms in total. The van der Waals surface area contributed by atoms with Crippen LogP contribution in [0.15, 0.2) is 0 Å². The van der Waals surface area contributed by atoms with Crippen molar-refractivity contribution in [3.63, 3.8) is 0 Å². The minimum absolute atomic E-state index is 0.0296. The molecule has 3 rings (SSSR count). The summed E-state index contributed by atoms with van der Waals surface area (Å²) in [6.07, 6.45) is 1.80. The number of carbonyl (C=O) groups is 3. The minimum atomic E-state index is -1.27. The first kappa shape index (κ1) is 16.4. The van der Waals surface area contributed by atoms with E-state index in [1.165, 1.54) is 0 Å². The van der Waals surface area contributed by atoms with Crippen molar-refractivity contribution in [2.24, 2.45) is 17.8 Å². The summed E-state index contributed by atoms with van der Waals surface area (Å²) in [7, 11) is 0. The van der Waals surface area contributed by atoms with E-state index in [4.69, 9.17) is 4.74 Å². The second kappa shape index (κ2) is 5.89. The monoisotopic (exact) mass is 323 g/mol. The van der Waals surface area contributed by atoms with E-state index in [2.05, 4.69) is 0 Å². The van der Waals surface area contributed by atoms with Crippen molar-refractivity contribution < 1.29 is 24.2 Å². The molecule has 1 amide bonds. The number of amides is 1. The number of fused-ring (bicyclic) bond motifs is 1. The Morgan fingerprint density at radius 2 is 2.00 bits per heavy atom. The number of ether oxygens (including phenoxy) is 1. The fourth-order valence-electron chi connectivity index (χ4n) is 4.55. The van der Waals surface area contributed by atoms with Crippen LogP contribution in [0, 0.1) is 17.8 Å². The molecule has 3 aliphatic heterocycles. The molecule has 2 bridgehead atoms. The molecule has 0 unspecified atom stereocenters. The molecular formula is C17H25NO5. The van der Waals surface area contributed by atoms with Gasteiger partial charge in [-0.15, -0.1) is 0 Å². The van der Waals surface area contributed by atoms with Gasteiger partial charge in [-0.3, -0.25) is 14.4 Å². The zero-order valence-electron chi connectivity index (χ0n) is 13.8. The largest absolute Gasteiger partial charge is 0.448 e. The highest BCUT2D eigenvalue weighted by Crippen LogP contribution is 2.48. The molecule has 5 atom stereocenters. The Morgan fingerprint density at radius 1 is 1.26 bits per heavy atom. The first-order valence-electron chi connectivity index (χ1n) is 8.65. The van der Waals surface area contributed by atoms with Crippen LogP contribution in [0.1, 0.15) is 46.0 Å². The number of carbonyl (C=O) groups excluding carboxylic acids is 3. The number of aliphatic hydroxyl groups excluding tert-OH is 1. The van der Waals surface area contributed by atoms with Crippen LogP contribution in [0.2, 0.25) is 0 Å². The van der Waals surface area contributed by atoms with Crippen LogP contribution in [0.5, 0.6) is 0 Å². The van der Waals surface area contributed by atoms with Gasteiger partial charge in [-0.2, -0.15) is 0 Å². The molecule has 6 heteroatoms. The Morgan fingerprint density at radius 3 is 2.70 bits per heavy atom. The second-order valence-electron chi connectivity index (χ2n) is 7.10. The predicted octanol–water partition coefficient (Wildman–Crippen LogP) is 0.907. The number of rotatable bonds is 1. The third kappa shape index (κ3) is 2.38. The quantitative estimate of drug-likeness (QED) is 0.725. The summed E-state index contributed by atoms with van der Waals surface area (Å²) in [5.41, 5.74) is -1.27. The number of hydrogen-bond donors (Lipinski definition) is 1. The lowest BCUT2D eigenvalue weighted by atomic mass is 9.71. The van der Waals surface area contributed by atoms with Crippen molar-refractivity contribution in [2.45, 2.75) is 57.7 Å². The average Bonchev–Trinajstić information content (AvgIpc) is 2.94. The standard InChI is InChI=1S/C17H25NO5/c1-3-11-12(19)6-4-5-8-18-9-7-17(16(18)22)13(14(11)20)10(2)15(21)23-17/h10-11,13-14,20H,3-9H2,1-2H3/t10-,11-,13+,14+,17-/m0/s1. The van der Waals surface area contributed by atoms with Gasteiger partial charge in [-0.25, -0.2) is 0 Å². The summed E-state index contributed by atoms with van der Waals surface area (Å²) in [4.78, 5) is 39.3. The summed E-state index contributed by atoms with van der Waals surface area (Å²) >= 11 is 0. The third-order valence-electron chi connectivity index (χ3n) is 5.87. The fourth-order valence-corrected chi connectivity index (χ4v) is 4.55. The van der Waals surface area contributed by atoms with Gasteiger partial charge in [0.15, 0.2) is 5.60 Å². The van der Waals surface area contributed by atoms with Crippen molar-refractivity contribution in [3.8, 4) is 0 Å². The normalized spacial score (nSPS) is 41.5. The molecule has 23 heavy (non-hydrogen) atoms. The Balaban J connectivity index is 2.04. The first-order valence-corrected chi connectivity index (χ1v) is 8.65. The van der Waals surface area contributed by atoms with Crippen molar-refractivity contribution in [1.29, 1.82) is 0 Å². The Kier molecular flexibility index (Phi) is 4.21. The maximum absolute atomic E-state index is 12.9. The highest BCUT2D eigenvalue weighted by molar-refractivity contribution is 5.94. The van der Waals surface area contributed by atoms with Gasteiger partial charge in [0.1, 0.15) is 5.78 Å². The van der Waals surface area contributed by atoms with E-state index in [1.54, 1.807) is 11.8 Å². The molecule has 3 aliphatic rings. The van der Waals surface area contributed by atoms with E-state index in [9.17, 15) is 19.5 Å². The molecule has 0 radical (unpaired) electrons. The van der Waals surface area contributed by atoms with Gasteiger partial charge in [-0.05, 0) is 19.3 Å². The molecular weight excluding hydrogens is 298 g/mol. The molecule has 0 aromatic heterocycles. The van der Waals surface area contributed by atoms with Crippen LogP contribution in [0.3, 0.4) is 0 Å². The first-order chi connectivity index (χ1) is 10.9. The zero-order valence-corrected chi connectivity index (χ0v) is 13.8. The van der Waals surface area contributed by atoms with E-state index in [0.717, 1.165) is 12.8 Å². The van der Waals surface area contributed by atoms with E-state index >= 15 is 0 Å². The van der Waals surface area contributed by atoms with Gasteiger partial charge < -0.3 is 14.7 Å². The molecule has 0 saturated carbocycles. The smallest absolute Gasteiger partial charge is 0.310 e. The Bertz CT molecular complexity index is 533. The fraction of sp³-hybridized carbons (Fsp3) is 0.824. The Hall–Kier alpha value is -1.43. The zero-order chi connectivity index (χ0) is 16.8. The second-order valence-corrected chi connectivity index (χ2v) is 7.10. The molecule has 3 heterocycles. The maximum Gasteiger partial charge on any atom is 0.310 e. The highest BCUT2D eigenvalue weighted by atomic mass is 16.6. The van der Waals surface area contributed by atoms with E-state index in [0.29, 0.717) is 32.4 Å². The molecule has 1 spiro atoms. The summed E-state index contributed by atoms with van der Waals surface area (Å²) in [6, 6.07) is 0. The third-order valence-corrected chi connectivity index (χ3v) is 5.87. The molecule has 3 fully saturated rings. The number of nitrogens with zero attached hydrogens (tertiary/aromatic N) is 1. The number of Topliss-reactive ketones (excluding diaryl/α,β-unsaturated/α-hetero) is 1. The van der Waals surface area contributed by atoms with Gasteiger partial charge in [0.25, 0.3) is 5.91 Å². The van der Waals surface area contributed by atoms with Crippen LogP contribution >= 0.6 is 0 Å². The molecule has 0 aromatic rings. The van der Waals surface area contributed by atoms with E-state index < -0.39 is 35.4 Å². The van der Waals surface area contributed by atoms with E-state index in [1.807, 2.05) is 6.92 Å². The van der Waals surface area contributed by atoms with Gasteiger partial charge in [-0.1, -0.05) is 13.8 Å². The topological polar surface area (TPSA) is 83.9 Å². The van der Waals surface area contributed by atoms with E-state index in [-0.39, 0.29) is 11.7 Å². The summed E-state index contributed by atoms with van der Waals surface area (Å²) in [6.45, 7) is 4.69. The number of hydrogen-bond acceptors (Lipinski definition) is 5. The summed E-state index contributed by atoms with van der Waals surface area (Å²) in [5.74, 6) is -2.35. The van der Waals surface area contributed by atoms with Crippen LogP contribution < -0.4 is 0 Å². The summed E-state index contributed by atoms with van der Waals surface area (Å²) < 4.78 is 5.54. The van der Waals surface area contributed by atoms with Crippen molar-refractivity contribution in [2.75, 3.05) is 13.1 Å². The number of aliphatic hydroxyl groups is 1. The predicted molar refractivity (Wildman–Crippen MR) is 81.3 cm³/mol. The van der Waals surface area contributed by atoms with Crippen LogP contribution in [-0.2, 0) is 19.1 Å². The van der Waals surface area contributed by atoms with Gasteiger partial charge in [0, 0.05) is 37.8 Å². The van der Waals surface area contributed by atoms with Crippen molar-refractivity contribution >= 4 is 17.7 Å². The van der Waals surface area contributed by atoms with Crippen molar-refractivity contribution in [1.82, 2.24) is 4.90 Å². The molecule has 0 aromatic carbocycles. The maximum atomic E-state index is 12.9. The molecule has 0 aliphatic carbocycles. The molecule has 1 N–H and O–H groups in total. The lowest BCUT2D eigenvalue weighted by Gasteiger charge is -2.34. The lowest BCUT2D eigenvalue weighted by molar-refractivity contribution is -0.164. The van der Waals surface area contributed by atoms with Gasteiger partial charge >= 0.3 is 5.97 Å².